The fourth-order valence-corrected chi connectivity index (χ4v) is 20.6. The summed E-state index contributed by atoms with van der Waals surface area (Å²) in [5.74, 6) is 0. The van der Waals surface area contributed by atoms with Crippen LogP contribution in [0.4, 0.5) is 0 Å². The van der Waals surface area contributed by atoms with Crippen LogP contribution in [0.5, 0.6) is 0 Å². The van der Waals surface area contributed by atoms with Crippen molar-refractivity contribution in [1.29, 1.82) is 0 Å². The van der Waals surface area contributed by atoms with Gasteiger partial charge in [0.15, 0.2) is 0 Å². The molecule has 21 aromatic carbocycles. The molecule has 0 fully saturated rings. The normalized spacial score (nSPS) is 12.1. The topological polar surface area (TPSA) is 14.8 Å². The quantitative estimate of drug-likeness (QED) is 0.128. The molecule has 24 rings (SSSR count). The van der Waals surface area contributed by atoms with Gasteiger partial charge in [0.2, 0.25) is 0 Å². The van der Waals surface area contributed by atoms with Crippen molar-refractivity contribution >= 4 is 130 Å². The van der Waals surface area contributed by atoms with E-state index in [0.29, 0.717) is 0 Å². The summed E-state index contributed by atoms with van der Waals surface area (Å²) in [6, 6.07) is 160. The van der Waals surface area contributed by atoms with E-state index in [9.17, 15) is 0 Å². The van der Waals surface area contributed by atoms with Crippen molar-refractivity contribution in [2.75, 3.05) is 0 Å². The Balaban J connectivity index is 0.000000114. The fourth-order valence-electron chi connectivity index (χ4n) is 20.6. The van der Waals surface area contributed by atoms with Crippen molar-refractivity contribution in [2.45, 2.75) is 78.6 Å². The molecule has 3 heteroatoms. The number of hydrogen-bond acceptors (Lipinski definition) is 0. The molecular formula is C126H99N3. The van der Waals surface area contributed by atoms with E-state index >= 15 is 0 Å². The van der Waals surface area contributed by atoms with Crippen molar-refractivity contribution < 1.29 is 0 Å². The summed E-state index contributed by atoms with van der Waals surface area (Å²) in [4.78, 5) is 0. The molecule has 0 radical (unpaired) electrons. The van der Waals surface area contributed by atoms with Crippen molar-refractivity contribution in [2.24, 2.45) is 0 Å². The van der Waals surface area contributed by atoms with Crippen LogP contribution < -0.4 is 0 Å². The van der Waals surface area contributed by atoms with Crippen LogP contribution in [0.25, 0.3) is 214 Å². The summed E-state index contributed by atoms with van der Waals surface area (Å²) in [5, 5.41) is 23.1. The van der Waals surface area contributed by atoms with Crippen molar-refractivity contribution in [3.05, 3.63) is 453 Å². The van der Waals surface area contributed by atoms with Crippen LogP contribution >= 0.6 is 0 Å². The van der Waals surface area contributed by atoms with Crippen molar-refractivity contribution in [3.63, 3.8) is 0 Å². The summed E-state index contributed by atoms with van der Waals surface area (Å²) in [5.41, 5.74) is 30.5. The maximum absolute atomic E-state index is 2.43. The number of benzene rings is 21. The van der Waals surface area contributed by atoms with Gasteiger partial charge in [0.05, 0.1) is 33.1 Å². The van der Waals surface area contributed by atoms with Gasteiger partial charge in [0.25, 0.3) is 0 Å². The monoisotopic (exact) mass is 1650 g/mol. The van der Waals surface area contributed by atoms with Crippen LogP contribution in [-0.4, -0.2) is 13.7 Å². The van der Waals surface area contributed by atoms with E-state index in [4.69, 9.17) is 0 Å². The van der Waals surface area contributed by atoms with Gasteiger partial charge in [0, 0.05) is 49.4 Å². The van der Waals surface area contributed by atoms with Gasteiger partial charge < -0.3 is 13.7 Å². The van der Waals surface area contributed by atoms with E-state index in [1.54, 1.807) is 0 Å². The fraction of sp³-hybridized carbons (Fsp3) is 0.0952. The average molecular weight is 1660 g/mol. The lowest BCUT2D eigenvalue weighted by atomic mass is 9.81. The molecule has 0 amide bonds. The molecule has 0 aliphatic carbocycles. The Kier molecular flexibility index (Phi) is 19.7. The molecule has 0 N–H and O–H groups in total. The number of hydrogen-bond donors (Lipinski definition) is 0. The molecule has 24 aromatic rings. The van der Waals surface area contributed by atoms with Crippen LogP contribution in [0.15, 0.2) is 437 Å². The lowest BCUT2D eigenvalue weighted by molar-refractivity contribution is 0.590. The third-order valence-corrected chi connectivity index (χ3v) is 26.9. The van der Waals surface area contributed by atoms with E-state index in [2.05, 4.69) is 513 Å². The highest BCUT2D eigenvalue weighted by molar-refractivity contribution is 6.25. The minimum atomic E-state index is 0.0460. The number of aromatic nitrogens is 3. The highest BCUT2D eigenvalue weighted by atomic mass is 15.0. The predicted octanol–water partition coefficient (Wildman–Crippen LogP) is 35.2. The molecule has 3 nitrogen and oxygen atoms in total. The first-order chi connectivity index (χ1) is 63.0. The van der Waals surface area contributed by atoms with Crippen molar-refractivity contribution in [1.82, 2.24) is 13.7 Å². The summed E-state index contributed by atoms with van der Waals surface area (Å²) < 4.78 is 7.16. The average Bonchev–Trinajstić information content (AvgIpc) is 1.66. The van der Waals surface area contributed by atoms with E-state index in [1.807, 2.05) is 0 Å². The first-order valence-corrected chi connectivity index (χ1v) is 45.4. The van der Waals surface area contributed by atoms with Gasteiger partial charge >= 0.3 is 0 Å². The Morgan fingerprint density at radius 2 is 0.326 bits per heavy atom. The van der Waals surface area contributed by atoms with Gasteiger partial charge in [0.1, 0.15) is 0 Å². The number of nitrogens with zero attached hydrogens (tertiary/aromatic N) is 3. The zero-order chi connectivity index (χ0) is 87.4. The Labute approximate surface area is 754 Å². The summed E-state index contributed by atoms with van der Waals surface area (Å²) in [7, 11) is 0. The van der Waals surface area contributed by atoms with E-state index in [0.717, 1.165) is 0 Å². The van der Waals surface area contributed by atoms with Crippen molar-refractivity contribution in [3.8, 4) is 83.8 Å². The Morgan fingerprint density at radius 3 is 0.597 bits per heavy atom. The summed E-state index contributed by atoms with van der Waals surface area (Å²) in [6.07, 6.45) is 0. The van der Waals surface area contributed by atoms with Gasteiger partial charge in [-0.2, -0.15) is 0 Å². The lowest BCUT2D eigenvalue weighted by Crippen LogP contribution is -2.10. The third kappa shape index (κ3) is 13.9. The predicted molar refractivity (Wildman–Crippen MR) is 556 cm³/mol. The standard InChI is InChI=1S/3C42H33N/c1-42(2,3)30-14-12-13-29(27-30)41-36-19-6-4-17-34(36)40(35-18-5-7-20-37(35)41)28-23-25-31(26-24-28)43-38-21-10-8-15-32(38)33-16-9-11-22-39(33)43;1-42(2,3)30-24-20-28(21-25-30)40-34-14-4-6-16-36(34)41(37-17-7-5-15-35(37)40)29-22-26-31(27-23-29)43-38-18-10-8-12-32(38)33-13-9-11-19-39(33)43;1-42(2,3)30-23-26-36-37(27-30)41(35-18-8-7-17-34(35)40(36)28-13-5-4-6-14-28)29-21-24-31(25-22-29)43-38-19-11-9-15-32(38)33-16-10-12-20-39(33)43/h3*4-27H,1-3H3. The Bertz CT molecular complexity index is 8210. The molecule has 0 bridgehead atoms. The third-order valence-electron chi connectivity index (χ3n) is 26.9. The molecule has 0 atom stereocenters. The molecule has 0 unspecified atom stereocenters. The number of fused-ring (bicyclic) bond motifs is 15. The number of para-hydroxylation sites is 6. The molecular weight excluding hydrogens is 1560 g/mol. The molecule has 0 spiro atoms. The molecule has 0 aliphatic heterocycles. The highest BCUT2D eigenvalue weighted by Crippen LogP contribution is 2.50. The summed E-state index contributed by atoms with van der Waals surface area (Å²) >= 11 is 0. The SMILES string of the molecule is CC(C)(C)c1ccc(-c2c3ccccc3c(-c3ccc(-n4c5ccccc5c5ccccc54)cc3)c3ccccc23)cc1.CC(C)(C)c1ccc2c(-c3ccccc3)c3ccccc3c(-c3ccc(-n4c5ccccc5c5ccccc54)cc3)c2c1.CC(C)(C)c1cccc(-c2c3ccccc3c(-c3ccc(-n4c5ccccc5c5ccccc54)cc3)c3ccccc23)c1. The second-order valence-corrected chi connectivity index (χ2v) is 37.8. The summed E-state index contributed by atoms with van der Waals surface area (Å²) in [6.45, 7) is 20.6. The van der Waals surface area contributed by atoms with Gasteiger partial charge in [-0.05, 0) is 243 Å². The Morgan fingerprint density at radius 1 is 0.132 bits per heavy atom. The van der Waals surface area contributed by atoms with Crippen LogP contribution in [-0.2, 0) is 16.2 Å². The molecule has 618 valence electrons. The van der Waals surface area contributed by atoms with Crippen LogP contribution in [0.2, 0.25) is 0 Å². The zero-order valence-corrected chi connectivity index (χ0v) is 74.4. The first kappa shape index (κ1) is 79.5. The van der Waals surface area contributed by atoms with Gasteiger partial charge in [-0.1, -0.05) is 420 Å². The highest BCUT2D eigenvalue weighted by Gasteiger charge is 2.26. The maximum Gasteiger partial charge on any atom is 0.0541 e. The molecule has 129 heavy (non-hydrogen) atoms. The van der Waals surface area contributed by atoms with Gasteiger partial charge in [-0.15, -0.1) is 0 Å². The second-order valence-electron chi connectivity index (χ2n) is 37.8. The van der Waals surface area contributed by atoms with Crippen LogP contribution in [0.3, 0.4) is 0 Å². The largest absolute Gasteiger partial charge is 0.309 e. The second kappa shape index (κ2) is 31.9. The Hall–Kier alpha value is -15.4. The van der Waals surface area contributed by atoms with Gasteiger partial charge in [-0.25, -0.2) is 0 Å². The molecule has 0 saturated carbocycles. The smallest absolute Gasteiger partial charge is 0.0541 e. The van der Waals surface area contributed by atoms with E-state index < -0.39 is 0 Å². The van der Waals surface area contributed by atoms with E-state index in [1.165, 1.54) is 231 Å². The number of rotatable bonds is 9. The molecule has 3 heterocycles. The minimum Gasteiger partial charge on any atom is -0.309 e. The zero-order valence-electron chi connectivity index (χ0n) is 74.4. The van der Waals surface area contributed by atoms with E-state index in [-0.39, 0.29) is 16.2 Å². The molecule has 0 saturated heterocycles. The van der Waals surface area contributed by atoms with Gasteiger partial charge in [-0.3, -0.25) is 0 Å². The maximum atomic E-state index is 2.43. The minimum absolute atomic E-state index is 0.0460. The van der Waals surface area contributed by atoms with Crippen LogP contribution in [0.1, 0.15) is 79.0 Å². The lowest BCUT2D eigenvalue weighted by Gasteiger charge is -2.23. The molecule has 0 aliphatic rings. The van der Waals surface area contributed by atoms with Crippen LogP contribution in [0, 0.1) is 0 Å². The first-order valence-electron chi connectivity index (χ1n) is 45.4. The molecule has 3 aromatic heterocycles.